The predicted octanol–water partition coefficient (Wildman–Crippen LogP) is 4.93. The van der Waals surface area contributed by atoms with Gasteiger partial charge < -0.3 is 10.2 Å². The van der Waals surface area contributed by atoms with Crippen molar-refractivity contribution in [2.45, 2.75) is 12.3 Å². The molecule has 1 fully saturated rings. The van der Waals surface area contributed by atoms with Crippen LogP contribution in [0.25, 0.3) is 0 Å². The summed E-state index contributed by atoms with van der Waals surface area (Å²) in [6.45, 7) is 2.75. The van der Waals surface area contributed by atoms with E-state index in [0.29, 0.717) is 5.02 Å². The van der Waals surface area contributed by atoms with Crippen molar-refractivity contribution in [3.8, 4) is 0 Å². The summed E-state index contributed by atoms with van der Waals surface area (Å²) >= 11 is 7.83. The Morgan fingerprint density at radius 1 is 1.27 bits per heavy atom. The molecule has 22 heavy (non-hydrogen) atoms. The molecule has 0 bridgehead atoms. The van der Waals surface area contributed by atoms with Gasteiger partial charge in [0.2, 0.25) is 0 Å². The summed E-state index contributed by atoms with van der Waals surface area (Å²) < 4.78 is 0. The molecule has 2 aromatic rings. The normalized spacial score (nSPS) is 17.5. The molecule has 0 aliphatic carbocycles. The third-order valence-corrected chi connectivity index (χ3v) is 5.05. The second-order valence-electron chi connectivity index (χ2n) is 5.27. The van der Waals surface area contributed by atoms with Gasteiger partial charge in [-0.3, -0.25) is 0 Å². The topological polar surface area (TPSA) is 32.3 Å². The van der Waals surface area contributed by atoms with Crippen LogP contribution in [-0.2, 0) is 0 Å². The van der Waals surface area contributed by atoms with Gasteiger partial charge in [0.1, 0.15) is 5.37 Å². The molecule has 0 unspecified atom stereocenters. The molecule has 2 aromatic carbocycles. The second kappa shape index (κ2) is 6.63. The quantitative estimate of drug-likeness (QED) is 0.845. The average molecular weight is 333 g/mol. The highest BCUT2D eigenvalue weighted by atomic mass is 35.5. The van der Waals surface area contributed by atoms with E-state index in [9.17, 15) is 4.79 Å². The first kappa shape index (κ1) is 15.3. The van der Waals surface area contributed by atoms with Gasteiger partial charge in [-0.1, -0.05) is 35.9 Å². The van der Waals surface area contributed by atoms with Crippen LogP contribution in [0.4, 0.5) is 10.5 Å². The van der Waals surface area contributed by atoms with Crippen LogP contribution in [0, 0.1) is 6.92 Å². The van der Waals surface area contributed by atoms with Gasteiger partial charge in [-0.15, -0.1) is 11.8 Å². The number of halogens is 1. The van der Waals surface area contributed by atoms with Crippen LogP contribution >= 0.6 is 23.4 Å². The van der Waals surface area contributed by atoms with E-state index < -0.39 is 0 Å². The number of carbonyl (C=O) groups excluding carboxylic acids is 1. The lowest BCUT2D eigenvalue weighted by atomic mass is 10.2. The van der Waals surface area contributed by atoms with E-state index >= 15 is 0 Å². The lowest BCUT2D eigenvalue weighted by Gasteiger charge is -2.24. The number of carbonyl (C=O) groups is 1. The first-order chi connectivity index (χ1) is 10.6. The predicted molar refractivity (Wildman–Crippen MR) is 93.6 cm³/mol. The van der Waals surface area contributed by atoms with Crippen molar-refractivity contribution < 1.29 is 4.79 Å². The van der Waals surface area contributed by atoms with Gasteiger partial charge in [0.25, 0.3) is 0 Å². The zero-order valence-corrected chi connectivity index (χ0v) is 13.8. The number of nitrogens with zero attached hydrogens (tertiary/aromatic N) is 1. The highest BCUT2D eigenvalue weighted by molar-refractivity contribution is 7.99. The monoisotopic (exact) mass is 332 g/mol. The van der Waals surface area contributed by atoms with Crippen molar-refractivity contribution in [2.24, 2.45) is 0 Å². The smallest absolute Gasteiger partial charge is 0.308 e. The van der Waals surface area contributed by atoms with E-state index in [0.717, 1.165) is 29.1 Å². The van der Waals surface area contributed by atoms with Crippen LogP contribution in [0.3, 0.4) is 0 Å². The number of hydrogen-bond acceptors (Lipinski definition) is 2. The molecule has 0 saturated carbocycles. The Kier molecular flexibility index (Phi) is 4.60. The lowest BCUT2D eigenvalue weighted by Crippen LogP contribution is -2.34. The number of amides is 2. The van der Waals surface area contributed by atoms with Crippen molar-refractivity contribution in [1.82, 2.24) is 4.90 Å². The van der Waals surface area contributed by atoms with Crippen molar-refractivity contribution in [1.29, 1.82) is 0 Å². The van der Waals surface area contributed by atoms with E-state index in [2.05, 4.69) is 5.32 Å². The van der Waals surface area contributed by atoms with E-state index in [1.165, 1.54) is 0 Å². The van der Waals surface area contributed by atoms with E-state index in [4.69, 9.17) is 11.6 Å². The van der Waals surface area contributed by atoms with Crippen LogP contribution in [0.2, 0.25) is 5.02 Å². The molecule has 114 valence electrons. The van der Waals surface area contributed by atoms with Gasteiger partial charge in [-0.05, 0) is 42.3 Å². The third kappa shape index (κ3) is 3.39. The van der Waals surface area contributed by atoms with Gasteiger partial charge in [-0.2, -0.15) is 0 Å². The number of anilines is 1. The molecule has 2 amide bonds. The summed E-state index contributed by atoms with van der Waals surface area (Å²) in [5, 5.41) is 3.70. The molecule has 1 aliphatic heterocycles. The summed E-state index contributed by atoms with van der Waals surface area (Å²) in [6.07, 6.45) is 0. The maximum atomic E-state index is 12.6. The fourth-order valence-corrected chi connectivity index (χ4v) is 3.98. The van der Waals surface area contributed by atoms with E-state index in [1.807, 2.05) is 60.4 Å². The van der Waals surface area contributed by atoms with Crippen LogP contribution in [0.15, 0.2) is 48.5 Å². The Bertz CT molecular complexity index is 692. The Morgan fingerprint density at radius 2 is 2.09 bits per heavy atom. The summed E-state index contributed by atoms with van der Waals surface area (Å²) in [4.78, 5) is 14.4. The van der Waals surface area contributed by atoms with Crippen molar-refractivity contribution >= 4 is 35.1 Å². The van der Waals surface area contributed by atoms with Crippen molar-refractivity contribution in [3.05, 3.63) is 64.7 Å². The first-order valence-electron chi connectivity index (χ1n) is 7.15. The average Bonchev–Trinajstić information content (AvgIpc) is 2.97. The number of benzene rings is 2. The molecule has 5 heteroatoms. The zero-order chi connectivity index (χ0) is 15.5. The SMILES string of the molecule is Cc1cccc(NC(=O)N2CCS[C@@H]2c2cccc(Cl)c2)c1. The summed E-state index contributed by atoms with van der Waals surface area (Å²) in [5.41, 5.74) is 3.01. The zero-order valence-electron chi connectivity index (χ0n) is 12.3. The van der Waals surface area contributed by atoms with Gasteiger partial charge in [0, 0.05) is 23.0 Å². The number of urea groups is 1. The van der Waals surface area contributed by atoms with Crippen LogP contribution in [0.5, 0.6) is 0 Å². The maximum absolute atomic E-state index is 12.6. The highest BCUT2D eigenvalue weighted by Crippen LogP contribution is 2.38. The fraction of sp³-hybridized carbons (Fsp3) is 0.235. The Labute approximate surface area is 139 Å². The van der Waals surface area contributed by atoms with Gasteiger partial charge >= 0.3 is 6.03 Å². The molecular weight excluding hydrogens is 316 g/mol. The molecule has 0 radical (unpaired) electrons. The summed E-state index contributed by atoms with van der Waals surface area (Å²) in [6, 6.07) is 15.5. The molecule has 3 nitrogen and oxygen atoms in total. The van der Waals surface area contributed by atoms with E-state index in [1.54, 1.807) is 11.8 Å². The van der Waals surface area contributed by atoms with Gasteiger partial charge in [0.15, 0.2) is 0 Å². The van der Waals surface area contributed by atoms with Gasteiger partial charge in [-0.25, -0.2) is 4.79 Å². The van der Waals surface area contributed by atoms with Gasteiger partial charge in [0.05, 0.1) is 0 Å². The van der Waals surface area contributed by atoms with Crippen molar-refractivity contribution in [3.63, 3.8) is 0 Å². The number of rotatable bonds is 2. The molecular formula is C17H17ClN2OS. The highest BCUT2D eigenvalue weighted by Gasteiger charge is 2.30. The summed E-state index contributed by atoms with van der Waals surface area (Å²) in [7, 11) is 0. The lowest BCUT2D eigenvalue weighted by molar-refractivity contribution is 0.214. The minimum Gasteiger partial charge on any atom is -0.308 e. The Balaban J connectivity index is 1.76. The van der Waals surface area contributed by atoms with Crippen LogP contribution < -0.4 is 5.32 Å². The second-order valence-corrected chi connectivity index (χ2v) is 6.90. The Morgan fingerprint density at radius 3 is 2.86 bits per heavy atom. The largest absolute Gasteiger partial charge is 0.323 e. The fourth-order valence-electron chi connectivity index (χ4n) is 2.53. The summed E-state index contributed by atoms with van der Waals surface area (Å²) in [5.74, 6) is 0.929. The molecule has 1 saturated heterocycles. The molecule has 0 spiro atoms. The minimum absolute atomic E-state index is 0.0171. The first-order valence-corrected chi connectivity index (χ1v) is 8.57. The Hall–Kier alpha value is -1.65. The minimum atomic E-state index is -0.0689. The number of nitrogens with one attached hydrogen (secondary N) is 1. The molecule has 0 aromatic heterocycles. The molecule has 1 aliphatic rings. The molecule has 3 rings (SSSR count). The molecule has 1 N–H and O–H groups in total. The number of hydrogen-bond donors (Lipinski definition) is 1. The van der Waals surface area contributed by atoms with E-state index in [-0.39, 0.29) is 11.4 Å². The molecule has 1 heterocycles. The molecule has 1 atom stereocenters. The van der Waals surface area contributed by atoms with Crippen molar-refractivity contribution in [2.75, 3.05) is 17.6 Å². The standard InChI is InChI=1S/C17H17ClN2OS/c1-12-4-2-7-15(10-12)19-17(21)20-8-9-22-16(20)13-5-3-6-14(18)11-13/h2-7,10-11,16H,8-9H2,1H3,(H,19,21)/t16-/m1/s1. The number of aryl methyl sites for hydroxylation is 1. The maximum Gasteiger partial charge on any atom is 0.323 e. The number of thioether (sulfide) groups is 1. The third-order valence-electron chi connectivity index (χ3n) is 3.56. The van der Waals surface area contributed by atoms with Crippen LogP contribution in [0.1, 0.15) is 16.5 Å². The van der Waals surface area contributed by atoms with Crippen LogP contribution in [-0.4, -0.2) is 23.2 Å².